The molecule has 1 aromatic heterocycles. The molecule has 5 heteroatoms. The molecule has 1 N–H and O–H groups in total. The van der Waals surface area contributed by atoms with Crippen molar-refractivity contribution in [2.75, 3.05) is 25.1 Å². The Bertz CT molecular complexity index is 226. The van der Waals surface area contributed by atoms with Crippen LogP contribution in [0.2, 0.25) is 0 Å². The number of anilines is 1. The molecule has 0 radical (unpaired) electrons. The summed E-state index contributed by atoms with van der Waals surface area (Å²) < 4.78 is 9.34. The summed E-state index contributed by atoms with van der Waals surface area (Å²) in [6.07, 6.45) is 2.56. The first-order valence-corrected chi connectivity index (χ1v) is 5.64. The van der Waals surface area contributed by atoms with Crippen molar-refractivity contribution < 1.29 is 4.74 Å². The maximum Gasteiger partial charge on any atom is 0.202 e. The van der Waals surface area contributed by atoms with Gasteiger partial charge in [-0.15, -0.1) is 0 Å². The summed E-state index contributed by atoms with van der Waals surface area (Å²) in [7, 11) is 0. The third-order valence-electron chi connectivity index (χ3n) is 1.55. The zero-order valence-electron chi connectivity index (χ0n) is 8.69. The fourth-order valence-corrected chi connectivity index (χ4v) is 1.39. The van der Waals surface area contributed by atoms with Crippen LogP contribution in [0.4, 0.5) is 5.13 Å². The molecule has 1 heterocycles. The number of ether oxygens (including phenoxy) is 1. The third kappa shape index (κ3) is 5.14. The Morgan fingerprint density at radius 2 is 2.43 bits per heavy atom. The van der Waals surface area contributed by atoms with E-state index < -0.39 is 0 Å². The van der Waals surface area contributed by atoms with Crippen LogP contribution in [-0.4, -0.2) is 29.1 Å². The van der Waals surface area contributed by atoms with Gasteiger partial charge in [0.25, 0.3) is 0 Å². The van der Waals surface area contributed by atoms with E-state index in [4.69, 9.17) is 4.74 Å². The summed E-state index contributed by atoms with van der Waals surface area (Å²) in [5.74, 6) is 0.617. The fraction of sp³-hybridized carbons (Fsp3) is 0.778. The average molecular weight is 215 g/mol. The van der Waals surface area contributed by atoms with E-state index in [9.17, 15) is 0 Å². The van der Waals surface area contributed by atoms with Crippen LogP contribution in [0.15, 0.2) is 6.33 Å². The van der Waals surface area contributed by atoms with Crippen LogP contribution >= 0.6 is 11.5 Å². The molecular weight excluding hydrogens is 198 g/mol. The molecule has 1 aromatic rings. The molecule has 0 aromatic carbocycles. The molecule has 1 rings (SSSR count). The number of rotatable bonds is 7. The Balaban J connectivity index is 1.90. The fourth-order valence-electron chi connectivity index (χ4n) is 0.940. The molecule has 0 bridgehead atoms. The summed E-state index contributed by atoms with van der Waals surface area (Å²) in [5.41, 5.74) is 0. The van der Waals surface area contributed by atoms with E-state index in [0.717, 1.165) is 31.3 Å². The van der Waals surface area contributed by atoms with Crippen LogP contribution in [-0.2, 0) is 4.74 Å². The minimum atomic E-state index is 0.617. The summed E-state index contributed by atoms with van der Waals surface area (Å²) in [6, 6.07) is 0. The van der Waals surface area contributed by atoms with E-state index in [1.807, 2.05) is 0 Å². The quantitative estimate of drug-likeness (QED) is 0.707. The summed E-state index contributed by atoms with van der Waals surface area (Å²) in [6.45, 7) is 6.86. The first-order chi connectivity index (χ1) is 6.79. The van der Waals surface area contributed by atoms with Gasteiger partial charge in [-0.1, -0.05) is 13.8 Å². The SMILES string of the molecule is CC(C)COCCCNc1ncns1. The van der Waals surface area contributed by atoms with Crippen molar-refractivity contribution in [3.05, 3.63) is 6.33 Å². The molecule has 0 unspecified atom stereocenters. The van der Waals surface area contributed by atoms with Crippen LogP contribution in [0, 0.1) is 5.92 Å². The summed E-state index contributed by atoms with van der Waals surface area (Å²) in [5, 5.41) is 4.06. The Morgan fingerprint density at radius 3 is 3.07 bits per heavy atom. The lowest BCUT2D eigenvalue weighted by Gasteiger charge is -2.06. The van der Waals surface area contributed by atoms with Gasteiger partial charge >= 0.3 is 0 Å². The molecule has 0 aliphatic heterocycles. The van der Waals surface area contributed by atoms with Crippen LogP contribution in [0.5, 0.6) is 0 Å². The van der Waals surface area contributed by atoms with Gasteiger partial charge in [-0.25, -0.2) is 4.98 Å². The van der Waals surface area contributed by atoms with Crippen molar-refractivity contribution in [1.82, 2.24) is 9.36 Å². The highest BCUT2D eigenvalue weighted by molar-refractivity contribution is 7.09. The topological polar surface area (TPSA) is 47.0 Å². The molecular formula is C9H17N3OS. The van der Waals surface area contributed by atoms with Gasteiger partial charge in [0.1, 0.15) is 6.33 Å². The molecule has 0 aliphatic rings. The molecule has 14 heavy (non-hydrogen) atoms. The zero-order valence-corrected chi connectivity index (χ0v) is 9.51. The second-order valence-electron chi connectivity index (χ2n) is 3.50. The maximum absolute atomic E-state index is 5.44. The lowest BCUT2D eigenvalue weighted by atomic mass is 10.2. The highest BCUT2D eigenvalue weighted by Crippen LogP contribution is 2.05. The van der Waals surface area contributed by atoms with Crippen LogP contribution in [0.25, 0.3) is 0 Å². The Kier molecular flexibility index (Phi) is 5.47. The second-order valence-corrected chi connectivity index (χ2v) is 4.28. The van der Waals surface area contributed by atoms with Crippen molar-refractivity contribution in [2.24, 2.45) is 5.92 Å². The smallest absolute Gasteiger partial charge is 0.202 e. The monoisotopic (exact) mass is 215 g/mol. The van der Waals surface area contributed by atoms with Crippen molar-refractivity contribution in [3.8, 4) is 0 Å². The lowest BCUT2D eigenvalue weighted by molar-refractivity contribution is 0.110. The van der Waals surface area contributed by atoms with Gasteiger partial charge in [-0.05, 0) is 12.3 Å². The van der Waals surface area contributed by atoms with E-state index >= 15 is 0 Å². The maximum atomic E-state index is 5.44. The van der Waals surface area contributed by atoms with E-state index in [0.29, 0.717) is 5.92 Å². The molecule has 80 valence electrons. The molecule has 0 saturated carbocycles. The highest BCUT2D eigenvalue weighted by atomic mass is 32.1. The summed E-state index contributed by atoms with van der Waals surface area (Å²) >= 11 is 1.38. The van der Waals surface area contributed by atoms with Crippen molar-refractivity contribution >= 4 is 16.7 Å². The van der Waals surface area contributed by atoms with Crippen LogP contribution in [0.1, 0.15) is 20.3 Å². The number of aromatic nitrogens is 2. The van der Waals surface area contributed by atoms with Gasteiger partial charge < -0.3 is 10.1 Å². The van der Waals surface area contributed by atoms with E-state index in [-0.39, 0.29) is 0 Å². The van der Waals surface area contributed by atoms with Gasteiger partial charge in [0.15, 0.2) is 0 Å². The van der Waals surface area contributed by atoms with Crippen molar-refractivity contribution in [2.45, 2.75) is 20.3 Å². The Labute approximate surface area is 88.9 Å². The zero-order chi connectivity index (χ0) is 10.2. The normalized spacial score (nSPS) is 10.8. The van der Waals surface area contributed by atoms with Crippen LogP contribution < -0.4 is 5.32 Å². The number of hydrogen-bond donors (Lipinski definition) is 1. The predicted molar refractivity (Wildman–Crippen MR) is 58.7 cm³/mol. The molecule has 0 amide bonds. The minimum absolute atomic E-state index is 0.617. The van der Waals surface area contributed by atoms with Gasteiger partial charge in [0.2, 0.25) is 5.13 Å². The molecule has 0 fully saturated rings. The highest BCUT2D eigenvalue weighted by Gasteiger charge is 1.95. The van der Waals surface area contributed by atoms with Gasteiger partial charge in [0, 0.05) is 31.3 Å². The van der Waals surface area contributed by atoms with Crippen LogP contribution in [0.3, 0.4) is 0 Å². The first kappa shape index (κ1) is 11.4. The standard InChI is InChI=1S/C9H17N3OS/c1-8(2)6-13-5-3-4-10-9-11-7-12-14-9/h7-8H,3-6H2,1-2H3,(H,10,11,12). The van der Waals surface area contributed by atoms with E-state index in [1.165, 1.54) is 11.5 Å². The van der Waals surface area contributed by atoms with Crippen molar-refractivity contribution in [3.63, 3.8) is 0 Å². The van der Waals surface area contributed by atoms with E-state index in [1.54, 1.807) is 6.33 Å². The summed E-state index contributed by atoms with van der Waals surface area (Å²) in [4.78, 5) is 4.02. The second kappa shape index (κ2) is 6.73. The minimum Gasteiger partial charge on any atom is -0.381 e. The molecule has 0 atom stereocenters. The number of hydrogen-bond acceptors (Lipinski definition) is 5. The third-order valence-corrected chi connectivity index (χ3v) is 2.18. The largest absolute Gasteiger partial charge is 0.381 e. The van der Waals surface area contributed by atoms with Gasteiger partial charge in [0.05, 0.1) is 0 Å². The predicted octanol–water partition coefficient (Wildman–Crippen LogP) is 2.01. The van der Waals surface area contributed by atoms with Crippen molar-refractivity contribution in [1.29, 1.82) is 0 Å². The number of nitrogens with one attached hydrogen (secondary N) is 1. The average Bonchev–Trinajstić information content (AvgIpc) is 2.63. The molecule has 0 aliphatic carbocycles. The Morgan fingerprint density at radius 1 is 1.57 bits per heavy atom. The molecule has 0 saturated heterocycles. The van der Waals surface area contributed by atoms with Gasteiger partial charge in [-0.2, -0.15) is 4.37 Å². The Hall–Kier alpha value is -0.680. The number of nitrogens with zero attached hydrogens (tertiary/aromatic N) is 2. The van der Waals surface area contributed by atoms with Gasteiger partial charge in [-0.3, -0.25) is 0 Å². The lowest BCUT2D eigenvalue weighted by Crippen LogP contribution is -2.08. The molecule has 0 spiro atoms. The molecule has 4 nitrogen and oxygen atoms in total. The first-order valence-electron chi connectivity index (χ1n) is 4.87. The van der Waals surface area contributed by atoms with E-state index in [2.05, 4.69) is 28.5 Å².